The molecule has 0 saturated heterocycles. The highest BCUT2D eigenvalue weighted by Gasteiger charge is 2.12. The summed E-state index contributed by atoms with van der Waals surface area (Å²) in [5.41, 5.74) is 2.42. The van der Waals surface area contributed by atoms with Gasteiger partial charge >= 0.3 is 5.97 Å². The van der Waals surface area contributed by atoms with E-state index in [1.54, 1.807) is 12.1 Å². The van der Waals surface area contributed by atoms with E-state index in [-0.39, 0.29) is 5.97 Å². The number of nitrogens with zero attached hydrogens (tertiary/aromatic N) is 2. The van der Waals surface area contributed by atoms with Crippen molar-refractivity contribution in [2.45, 2.75) is 20.3 Å². The predicted molar refractivity (Wildman–Crippen MR) is 70.6 cm³/mol. The van der Waals surface area contributed by atoms with Gasteiger partial charge in [-0.1, -0.05) is 13.8 Å². The Morgan fingerprint density at radius 1 is 1.44 bits per heavy atom. The molecule has 0 atom stereocenters. The van der Waals surface area contributed by atoms with Crippen LogP contribution in [0.25, 0.3) is 11.0 Å². The summed E-state index contributed by atoms with van der Waals surface area (Å²) in [6.45, 7) is 4.33. The quantitative estimate of drug-likeness (QED) is 0.782. The fraction of sp³-hybridized carbons (Fsp3) is 0.429. The van der Waals surface area contributed by atoms with Gasteiger partial charge in [0.05, 0.1) is 23.7 Å². The third-order valence-corrected chi connectivity index (χ3v) is 2.99. The number of hydrogen-bond donors (Lipinski definition) is 0. The normalized spacial score (nSPS) is 11.2. The summed E-state index contributed by atoms with van der Waals surface area (Å²) in [6.07, 6.45) is 0.929. The molecule has 2 aromatic rings. The van der Waals surface area contributed by atoms with Crippen LogP contribution in [-0.2, 0) is 18.2 Å². The van der Waals surface area contributed by atoms with E-state index in [4.69, 9.17) is 4.74 Å². The lowest BCUT2D eigenvalue weighted by Gasteiger charge is -2.04. The summed E-state index contributed by atoms with van der Waals surface area (Å²) in [4.78, 5) is 16.1. The predicted octanol–water partition coefficient (Wildman–Crippen LogP) is 2.56. The molecule has 0 unspecified atom stereocenters. The van der Waals surface area contributed by atoms with Crippen LogP contribution in [0.1, 0.15) is 30.0 Å². The average molecular weight is 246 g/mol. The molecule has 0 N–H and O–H groups in total. The average Bonchev–Trinajstić information content (AvgIpc) is 2.64. The first-order valence-corrected chi connectivity index (χ1v) is 6.06. The molecule has 1 aromatic carbocycles. The van der Waals surface area contributed by atoms with E-state index in [0.717, 1.165) is 23.3 Å². The van der Waals surface area contributed by atoms with Crippen LogP contribution in [0.3, 0.4) is 0 Å². The van der Waals surface area contributed by atoms with E-state index in [0.29, 0.717) is 11.5 Å². The van der Waals surface area contributed by atoms with Crippen molar-refractivity contribution in [1.82, 2.24) is 9.55 Å². The first-order valence-electron chi connectivity index (χ1n) is 6.06. The summed E-state index contributed by atoms with van der Waals surface area (Å²) < 4.78 is 6.79. The Hall–Kier alpha value is -1.84. The van der Waals surface area contributed by atoms with E-state index in [9.17, 15) is 4.79 Å². The number of carbonyl (C=O) groups excluding carboxylic acids is 1. The number of carbonyl (C=O) groups is 1. The highest BCUT2D eigenvalue weighted by atomic mass is 16.5. The first kappa shape index (κ1) is 12.6. The maximum atomic E-state index is 11.5. The molecule has 96 valence electrons. The van der Waals surface area contributed by atoms with Gasteiger partial charge in [0, 0.05) is 13.5 Å². The maximum Gasteiger partial charge on any atom is 0.337 e. The van der Waals surface area contributed by atoms with Gasteiger partial charge in [-0.05, 0) is 24.1 Å². The fourth-order valence-corrected chi connectivity index (χ4v) is 2.04. The molecule has 0 aliphatic rings. The van der Waals surface area contributed by atoms with Crippen LogP contribution in [0.5, 0.6) is 0 Å². The van der Waals surface area contributed by atoms with Crippen molar-refractivity contribution in [1.29, 1.82) is 0 Å². The second-order valence-electron chi connectivity index (χ2n) is 4.88. The summed E-state index contributed by atoms with van der Waals surface area (Å²) in [7, 11) is 3.39. The lowest BCUT2D eigenvalue weighted by atomic mass is 10.1. The molecule has 1 aromatic heterocycles. The number of benzene rings is 1. The molecular formula is C14H18N2O2. The summed E-state index contributed by atoms with van der Waals surface area (Å²) in [5.74, 6) is 1.27. The summed E-state index contributed by atoms with van der Waals surface area (Å²) in [5, 5.41) is 0. The van der Waals surface area contributed by atoms with E-state index < -0.39 is 0 Å². The third kappa shape index (κ3) is 2.23. The molecule has 0 spiro atoms. The number of fused-ring (bicyclic) bond motifs is 1. The topological polar surface area (TPSA) is 44.1 Å². The largest absolute Gasteiger partial charge is 0.465 e. The molecule has 1 heterocycles. The Morgan fingerprint density at radius 3 is 2.78 bits per heavy atom. The summed E-state index contributed by atoms with van der Waals surface area (Å²) >= 11 is 0. The molecule has 0 aliphatic heterocycles. The number of aryl methyl sites for hydroxylation is 1. The highest BCUT2D eigenvalue weighted by Crippen LogP contribution is 2.19. The molecular weight excluding hydrogens is 228 g/mol. The monoisotopic (exact) mass is 246 g/mol. The fourth-order valence-electron chi connectivity index (χ4n) is 2.04. The molecule has 0 radical (unpaired) electrons. The van der Waals surface area contributed by atoms with Gasteiger partial charge in [0.25, 0.3) is 0 Å². The third-order valence-electron chi connectivity index (χ3n) is 2.99. The van der Waals surface area contributed by atoms with Gasteiger partial charge in [-0.15, -0.1) is 0 Å². The maximum absolute atomic E-state index is 11.5. The minimum Gasteiger partial charge on any atom is -0.465 e. The van der Waals surface area contributed by atoms with Crippen LogP contribution in [0.4, 0.5) is 0 Å². The van der Waals surface area contributed by atoms with Crippen LogP contribution in [0.15, 0.2) is 18.2 Å². The molecule has 4 nitrogen and oxygen atoms in total. The molecule has 18 heavy (non-hydrogen) atoms. The molecule has 0 aliphatic carbocycles. The van der Waals surface area contributed by atoms with Crippen molar-refractivity contribution in [2.24, 2.45) is 13.0 Å². The van der Waals surface area contributed by atoms with Crippen molar-refractivity contribution >= 4 is 17.0 Å². The number of methoxy groups -OCH3 is 1. The molecule has 0 amide bonds. The lowest BCUT2D eigenvalue weighted by molar-refractivity contribution is 0.0601. The molecule has 0 fully saturated rings. The van der Waals surface area contributed by atoms with E-state index >= 15 is 0 Å². The van der Waals surface area contributed by atoms with Crippen LogP contribution in [0.2, 0.25) is 0 Å². The van der Waals surface area contributed by atoms with Crippen LogP contribution in [0, 0.1) is 5.92 Å². The zero-order valence-corrected chi connectivity index (χ0v) is 11.2. The van der Waals surface area contributed by atoms with Gasteiger partial charge in [0.1, 0.15) is 5.82 Å². The number of rotatable bonds is 3. The number of esters is 1. The zero-order valence-electron chi connectivity index (χ0n) is 11.2. The minimum absolute atomic E-state index is 0.326. The second kappa shape index (κ2) is 4.80. The van der Waals surface area contributed by atoms with Crippen molar-refractivity contribution in [3.05, 3.63) is 29.6 Å². The van der Waals surface area contributed by atoms with Crippen molar-refractivity contribution in [3.8, 4) is 0 Å². The minimum atomic E-state index is -0.326. The van der Waals surface area contributed by atoms with Gasteiger partial charge in [-0.2, -0.15) is 0 Å². The lowest BCUT2D eigenvalue weighted by Crippen LogP contribution is -2.02. The first-order chi connectivity index (χ1) is 8.52. The molecule has 0 bridgehead atoms. The number of ether oxygens (including phenoxy) is 1. The van der Waals surface area contributed by atoms with Gasteiger partial charge < -0.3 is 9.30 Å². The van der Waals surface area contributed by atoms with Gasteiger partial charge in [-0.25, -0.2) is 9.78 Å². The Balaban J connectivity index is 2.48. The molecule has 0 saturated carbocycles. The van der Waals surface area contributed by atoms with Gasteiger partial charge in [-0.3, -0.25) is 0 Å². The van der Waals surface area contributed by atoms with Crippen molar-refractivity contribution < 1.29 is 9.53 Å². The highest BCUT2D eigenvalue weighted by molar-refractivity contribution is 5.93. The number of hydrogen-bond acceptors (Lipinski definition) is 3. The Labute approximate surface area is 107 Å². The van der Waals surface area contributed by atoms with Gasteiger partial charge in [0.15, 0.2) is 0 Å². The Bertz CT molecular complexity index is 585. The van der Waals surface area contributed by atoms with Crippen LogP contribution >= 0.6 is 0 Å². The number of aromatic nitrogens is 2. The van der Waals surface area contributed by atoms with Gasteiger partial charge in [0.2, 0.25) is 0 Å². The molecule has 4 heteroatoms. The van der Waals surface area contributed by atoms with E-state index in [1.165, 1.54) is 7.11 Å². The zero-order chi connectivity index (χ0) is 13.3. The van der Waals surface area contributed by atoms with Crippen molar-refractivity contribution in [2.75, 3.05) is 7.11 Å². The van der Waals surface area contributed by atoms with E-state index in [2.05, 4.69) is 23.4 Å². The number of imidazole rings is 1. The second-order valence-corrected chi connectivity index (χ2v) is 4.88. The van der Waals surface area contributed by atoms with Crippen molar-refractivity contribution in [3.63, 3.8) is 0 Å². The SMILES string of the molecule is COC(=O)c1ccc2c(c1)nc(CC(C)C)n2C. The standard InChI is InChI=1S/C14H18N2O2/c1-9(2)7-13-15-11-8-10(14(17)18-4)5-6-12(11)16(13)3/h5-6,8-9H,7H2,1-4H3. The Kier molecular flexibility index (Phi) is 3.36. The Morgan fingerprint density at radius 2 is 2.17 bits per heavy atom. The molecule has 2 rings (SSSR count). The smallest absolute Gasteiger partial charge is 0.337 e. The van der Waals surface area contributed by atoms with Crippen LogP contribution in [-0.4, -0.2) is 22.6 Å². The van der Waals surface area contributed by atoms with Crippen LogP contribution < -0.4 is 0 Å². The van der Waals surface area contributed by atoms with E-state index in [1.807, 2.05) is 13.1 Å². The summed E-state index contributed by atoms with van der Waals surface area (Å²) in [6, 6.07) is 5.47.